The summed E-state index contributed by atoms with van der Waals surface area (Å²) < 4.78 is 67.6. The predicted octanol–water partition coefficient (Wildman–Crippen LogP) is 6.07. The first kappa shape index (κ1) is 51.0. The van der Waals surface area contributed by atoms with E-state index in [4.69, 9.17) is 15.6 Å². The number of nitrogens with one attached hydrogen (secondary N) is 2. The maximum atomic E-state index is 15.0. The molecule has 60 heavy (non-hydrogen) atoms. The molecule has 2 aromatic carbocycles. The second-order valence-electron chi connectivity index (χ2n) is 14.7. The number of Topliss-reactive ketones (excluding diaryl/α,β-unsaturated/α-hetero) is 1. The van der Waals surface area contributed by atoms with Crippen LogP contribution in [0.1, 0.15) is 77.1 Å². The third-order valence-electron chi connectivity index (χ3n) is 8.91. The minimum atomic E-state index is -5.08. The van der Waals surface area contributed by atoms with E-state index in [0.29, 0.717) is 18.5 Å². The molecule has 3 atom stereocenters. The first-order chi connectivity index (χ1) is 28.0. The molecule has 0 radical (unpaired) electrons. The van der Waals surface area contributed by atoms with E-state index in [-0.39, 0.29) is 62.6 Å². The number of nitrogens with zero attached hydrogens (tertiary/aromatic N) is 2. The van der Waals surface area contributed by atoms with E-state index in [1.54, 1.807) is 24.1 Å². The van der Waals surface area contributed by atoms with Crippen molar-refractivity contribution >= 4 is 51.4 Å². The van der Waals surface area contributed by atoms with Crippen LogP contribution in [0.2, 0.25) is 0 Å². The fourth-order valence-corrected chi connectivity index (χ4v) is 6.38. The molecule has 5 N–H and O–H groups in total. The zero-order chi connectivity index (χ0) is 45.4. The van der Waals surface area contributed by atoms with Gasteiger partial charge in [-0.25, -0.2) is 13.6 Å². The number of rotatable bonds is 19. The van der Waals surface area contributed by atoms with Crippen molar-refractivity contribution in [1.82, 2.24) is 20.1 Å². The van der Waals surface area contributed by atoms with E-state index < -0.39 is 63.9 Å². The van der Waals surface area contributed by atoms with E-state index >= 15 is 4.39 Å². The smallest absolute Gasteiger partial charge is 0.475 e. The van der Waals surface area contributed by atoms with Gasteiger partial charge in [-0.3, -0.25) is 24.0 Å². The molecule has 3 amide bonds. The number of methoxy groups -OCH3 is 1. The topological polar surface area (TPSA) is 190 Å². The Bertz CT molecular complexity index is 1940. The van der Waals surface area contributed by atoms with E-state index in [1.807, 2.05) is 55.7 Å². The van der Waals surface area contributed by atoms with Crippen LogP contribution in [0.4, 0.5) is 22.0 Å². The van der Waals surface area contributed by atoms with Crippen molar-refractivity contribution in [1.29, 1.82) is 0 Å². The molecule has 3 rings (SSSR count). The minimum absolute atomic E-state index is 0.0932. The molecule has 19 heteroatoms. The zero-order valence-corrected chi connectivity index (χ0v) is 35.5. The van der Waals surface area contributed by atoms with E-state index in [0.717, 1.165) is 29.5 Å². The monoisotopic (exact) mass is 915 g/mol. The molecule has 3 aromatic rings. The van der Waals surface area contributed by atoms with Crippen LogP contribution in [0.3, 0.4) is 0 Å². The number of halogens is 6. The Morgan fingerprint density at radius 1 is 0.967 bits per heavy atom. The fourth-order valence-electron chi connectivity index (χ4n) is 5.96. The Morgan fingerprint density at radius 2 is 1.60 bits per heavy atom. The maximum absolute atomic E-state index is 15.0. The van der Waals surface area contributed by atoms with Crippen molar-refractivity contribution in [3.63, 3.8) is 0 Å². The molecule has 1 heterocycles. The Morgan fingerprint density at radius 3 is 2.17 bits per heavy atom. The third-order valence-corrected chi connectivity index (χ3v) is 9.65. The number of nitrogens with two attached hydrogens (primary N) is 1. The number of aromatic nitrogens is 1. The number of ether oxygens (including phenoxy) is 1. The second kappa shape index (κ2) is 23.6. The van der Waals surface area contributed by atoms with Gasteiger partial charge in [0.25, 0.3) is 0 Å². The molecule has 0 unspecified atom stereocenters. The lowest BCUT2D eigenvalue weighted by molar-refractivity contribution is -0.192. The van der Waals surface area contributed by atoms with Gasteiger partial charge in [0.2, 0.25) is 17.7 Å². The van der Waals surface area contributed by atoms with Crippen LogP contribution >= 0.6 is 15.9 Å². The second-order valence-corrected chi connectivity index (χ2v) is 15.8. The number of esters is 1. The van der Waals surface area contributed by atoms with E-state index in [1.165, 1.54) is 7.11 Å². The third kappa shape index (κ3) is 16.5. The van der Waals surface area contributed by atoms with Gasteiger partial charge >= 0.3 is 18.1 Å². The number of carboxylic acid groups (broad SMARTS) is 1. The summed E-state index contributed by atoms with van der Waals surface area (Å²) in [5, 5.41) is 12.3. The van der Waals surface area contributed by atoms with Crippen molar-refractivity contribution < 1.29 is 60.6 Å². The van der Waals surface area contributed by atoms with Crippen LogP contribution in [0, 0.1) is 17.0 Å². The maximum Gasteiger partial charge on any atom is 0.490 e. The molecule has 330 valence electrons. The summed E-state index contributed by atoms with van der Waals surface area (Å²) >= 11 is 3.09. The van der Waals surface area contributed by atoms with Gasteiger partial charge in [0, 0.05) is 55.5 Å². The molecule has 1 aromatic heterocycles. The largest absolute Gasteiger partial charge is 0.490 e. The van der Waals surface area contributed by atoms with Crippen LogP contribution in [-0.4, -0.2) is 93.8 Å². The highest BCUT2D eigenvalue weighted by Gasteiger charge is 2.39. The molecule has 13 nitrogen and oxygen atoms in total. The number of carboxylic acids is 1. The highest BCUT2D eigenvalue weighted by atomic mass is 79.9. The lowest BCUT2D eigenvalue weighted by Gasteiger charge is -2.41. The van der Waals surface area contributed by atoms with E-state index in [9.17, 15) is 41.5 Å². The summed E-state index contributed by atoms with van der Waals surface area (Å²) in [4.78, 5) is 72.1. The fraction of sp³-hybridized carbons (Fsp3) is 0.463. The zero-order valence-electron chi connectivity index (χ0n) is 33.9. The summed E-state index contributed by atoms with van der Waals surface area (Å²) in [7, 11) is 1.21. The van der Waals surface area contributed by atoms with Gasteiger partial charge in [-0.2, -0.15) is 13.2 Å². The van der Waals surface area contributed by atoms with Gasteiger partial charge in [-0.1, -0.05) is 74.0 Å². The molecule has 0 aliphatic rings. The molecule has 0 spiro atoms. The van der Waals surface area contributed by atoms with Crippen molar-refractivity contribution in [2.24, 2.45) is 11.1 Å². The lowest BCUT2D eigenvalue weighted by Crippen LogP contribution is -2.47. The normalized spacial score (nSPS) is 12.9. The van der Waals surface area contributed by atoms with Crippen molar-refractivity contribution in [3.8, 4) is 11.1 Å². The average molecular weight is 917 g/mol. The first-order valence-electron chi connectivity index (χ1n) is 18.8. The number of benzene rings is 2. The molecule has 0 fully saturated rings. The number of hydrogen-bond acceptors (Lipinski definition) is 8. The van der Waals surface area contributed by atoms with Gasteiger partial charge in [0.05, 0.1) is 32.2 Å². The number of aliphatic carboxylic acids is 1. The molecule has 0 aliphatic heterocycles. The van der Waals surface area contributed by atoms with Gasteiger partial charge < -0.3 is 35.7 Å². The Hall–Kier alpha value is -5.17. The average Bonchev–Trinajstić information content (AvgIpc) is 3.58. The Labute approximate surface area is 353 Å². The summed E-state index contributed by atoms with van der Waals surface area (Å²) in [6.07, 6.45) is -2.75. The standard InChI is InChI=1S/C39H50BrF2N5O6.C2HF3O2/c1-6-34(49)47(18-16-32(43)38(52)44-17-10-13-28(48)22-45-37(51)30(40)21-35(50)53-5)36(39(2,3)4)33-19-26(29-20-27(41)14-15-31(29)42)24-46(33)23-25-11-8-7-9-12-25;3-2(4,5)1(6)7/h7-9,11-12,14-15,19-20,24,30,32,36H,6,10,13,16-18,21-23,43H2,1-5H3,(H,44,52)(H,45,51);(H,6,7)/t30-,32-,36-;/m0./s1. The highest BCUT2D eigenvalue weighted by molar-refractivity contribution is 9.10. The highest BCUT2D eigenvalue weighted by Crippen LogP contribution is 2.41. The number of ketones is 1. The molecule has 0 bridgehead atoms. The minimum Gasteiger partial charge on any atom is -0.475 e. The number of carbonyl (C=O) groups is 6. The van der Waals surface area contributed by atoms with Gasteiger partial charge in [0.15, 0.2) is 5.78 Å². The quantitative estimate of drug-likeness (QED) is 0.0479. The van der Waals surface area contributed by atoms with Crippen LogP contribution in [0.25, 0.3) is 11.1 Å². The summed E-state index contributed by atoms with van der Waals surface area (Å²) in [6, 6.07) is 13.3. The molecule has 0 saturated heterocycles. The van der Waals surface area contributed by atoms with Crippen LogP contribution in [0.5, 0.6) is 0 Å². The summed E-state index contributed by atoms with van der Waals surface area (Å²) in [6.45, 7) is 8.25. The molecule has 0 saturated carbocycles. The van der Waals surface area contributed by atoms with Gasteiger partial charge in [-0.05, 0) is 48.1 Å². The van der Waals surface area contributed by atoms with Crippen LogP contribution in [-0.2, 0) is 40.0 Å². The van der Waals surface area contributed by atoms with E-state index in [2.05, 4.69) is 31.3 Å². The van der Waals surface area contributed by atoms with Crippen LogP contribution < -0.4 is 16.4 Å². The Balaban J connectivity index is 0.00000162. The number of hydrogen-bond donors (Lipinski definition) is 4. The van der Waals surface area contributed by atoms with Crippen molar-refractivity contribution in [2.75, 3.05) is 26.7 Å². The molecule has 0 aliphatic carbocycles. The Kier molecular flexibility index (Phi) is 20.0. The number of amides is 3. The van der Waals surface area contributed by atoms with Crippen molar-refractivity contribution in [3.05, 3.63) is 83.7 Å². The lowest BCUT2D eigenvalue weighted by atomic mass is 9.82. The summed E-state index contributed by atoms with van der Waals surface area (Å²) in [5.41, 5.74) is 8.04. The number of alkyl halides is 4. The van der Waals surface area contributed by atoms with Crippen molar-refractivity contribution in [2.45, 2.75) is 89.4 Å². The van der Waals surface area contributed by atoms with Gasteiger partial charge in [0.1, 0.15) is 16.5 Å². The van der Waals surface area contributed by atoms with Crippen LogP contribution in [0.15, 0.2) is 60.8 Å². The number of carbonyl (C=O) groups excluding carboxylic acids is 5. The van der Waals surface area contributed by atoms with Gasteiger partial charge in [-0.15, -0.1) is 0 Å². The molecular formula is C41H51BrF5N5O8. The summed E-state index contributed by atoms with van der Waals surface area (Å²) in [5.74, 6) is -5.84. The first-order valence-corrected chi connectivity index (χ1v) is 19.7. The predicted molar refractivity (Wildman–Crippen MR) is 215 cm³/mol. The SMILES string of the molecule is CCC(=O)N(CC[C@H](N)C(=O)NCCCC(=O)CNC(=O)[C@@H](Br)CC(=O)OC)[C@@H](c1cc(-c2cc(F)ccc2F)cn1Cc1ccccc1)C(C)(C)C.O=C(O)C(F)(F)F. The molecular weight excluding hydrogens is 865 g/mol.